The number of para-hydroxylation sites is 1. The lowest BCUT2D eigenvalue weighted by Crippen LogP contribution is -2.20. The lowest BCUT2D eigenvalue weighted by Gasteiger charge is -2.01. The number of hydrogen-bond acceptors (Lipinski definition) is 2. The molecule has 4 nitrogen and oxygen atoms in total. The van der Waals surface area contributed by atoms with Gasteiger partial charge in [-0.2, -0.15) is 0 Å². The van der Waals surface area contributed by atoms with Gasteiger partial charge in [0.05, 0.1) is 11.2 Å². The van der Waals surface area contributed by atoms with Gasteiger partial charge < -0.3 is 0 Å². The van der Waals surface area contributed by atoms with E-state index in [-0.39, 0.29) is 5.69 Å². The maximum Gasteiger partial charge on any atom is 0.334 e. The second-order valence-corrected chi connectivity index (χ2v) is 4.31. The van der Waals surface area contributed by atoms with E-state index in [2.05, 4.69) is 4.98 Å². The van der Waals surface area contributed by atoms with Gasteiger partial charge in [0.2, 0.25) is 0 Å². The quantitative estimate of drug-likeness (QED) is 0.652. The Morgan fingerprint density at radius 1 is 1.11 bits per heavy atom. The topological polar surface area (TPSA) is 39.8 Å². The Hall–Kier alpha value is -2.36. The molecular formula is C14H13N3O. The predicted molar refractivity (Wildman–Crippen MR) is 71.0 cm³/mol. The van der Waals surface area contributed by atoms with Gasteiger partial charge in [0.15, 0.2) is 5.65 Å². The summed E-state index contributed by atoms with van der Waals surface area (Å²) < 4.78 is 3.28. The first-order chi connectivity index (χ1) is 8.70. The summed E-state index contributed by atoms with van der Waals surface area (Å²) in [5, 5.41) is 0. The molecule has 0 spiro atoms. The van der Waals surface area contributed by atoms with Crippen molar-refractivity contribution >= 4 is 11.2 Å². The lowest BCUT2D eigenvalue weighted by atomic mass is 10.2. The number of rotatable bonds is 1. The van der Waals surface area contributed by atoms with E-state index in [9.17, 15) is 4.79 Å². The zero-order valence-corrected chi connectivity index (χ0v) is 10.3. The molecule has 0 atom stereocenters. The number of benzene rings is 1. The van der Waals surface area contributed by atoms with Crippen molar-refractivity contribution in [2.75, 3.05) is 0 Å². The SMILES string of the molecule is Cc1ccnc2c1n(C)c(=O)n2-c1ccccc1. The highest BCUT2D eigenvalue weighted by Crippen LogP contribution is 2.17. The molecule has 0 amide bonds. The molecule has 0 aliphatic heterocycles. The summed E-state index contributed by atoms with van der Waals surface area (Å²) >= 11 is 0. The Morgan fingerprint density at radius 3 is 2.56 bits per heavy atom. The van der Waals surface area contributed by atoms with Crippen molar-refractivity contribution in [1.82, 2.24) is 14.1 Å². The Morgan fingerprint density at radius 2 is 1.83 bits per heavy atom. The standard InChI is InChI=1S/C14H13N3O/c1-10-8-9-15-13-12(10)16(2)14(18)17(13)11-6-4-3-5-7-11/h3-9H,1-2H3. The van der Waals surface area contributed by atoms with Crippen LogP contribution >= 0.6 is 0 Å². The van der Waals surface area contributed by atoms with E-state index in [1.165, 1.54) is 0 Å². The Bertz CT molecular complexity index is 769. The van der Waals surface area contributed by atoms with Crippen LogP contribution in [0.1, 0.15) is 5.56 Å². The molecule has 3 aromatic rings. The first-order valence-electron chi connectivity index (χ1n) is 5.78. The minimum absolute atomic E-state index is 0.0713. The van der Waals surface area contributed by atoms with Crippen LogP contribution in [0.25, 0.3) is 16.9 Å². The maximum absolute atomic E-state index is 12.3. The normalized spacial score (nSPS) is 11.0. The highest BCUT2D eigenvalue weighted by molar-refractivity contribution is 5.77. The third kappa shape index (κ3) is 1.39. The Balaban J connectivity index is 2.48. The molecular weight excluding hydrogens is 226 g/mol. The highest BCUT2D eigenvalue weighted by Gasteiger charge is 2.14. The highest BCUT2D eigenvalue weighted by atomic mass is 16.1. The van der Waals surface area contributed by atoms with E-state index < -0.39 is 0 Å². The average Bonchev–Trinajstić information content (AvgIpc) is 2.64. The zero-order valence-electron chi connectivity index (χ0n) is 10.3. The molecule has 0 unspecified atom stereocenters. The molecule has 0 saturated carbocycles. The van der Waals surface area contributed by atoms with Crippen LogP contribution in [0, 0.1) is 6.92 Å². The van der Waals surface area contributed by atoms with Gasteiger partial charge in [0.25, 0.3) is 0 Å². The summed E-state index contributed by atoms with van der Waals surface area (Å²) in [7, 11) is 1.78. The molecule has 0 aliphatic carbocycles. The van der Waals surface area contributed by atoms with E-state index in [1.54, 1.807) is 22.4 Å². The van der Waals surface area contributed by atoms with Gasteiger partial charge in [-0.3, -0.25) is 4.57 Å². The first-order valence-corrected chi connectivity index (χ1v) is 5.78. The van der Waals surface area contributed by atoms with Crippen molar-refractivity contribution in [3.8, 4) is 5.69 Å². The molecule has 0 fully saturated rings. The van der Waals surface area contributed by atoms with Gasteiger partial charge in [-0.1, -0.05) is 18.2 Å². The van der Waals surface area contributed by atoms with Crippen molar-refractivity contribution in [3.63, 3.8) is 0 Å². The van der Waals surface area contributed by atoms with Crippen molar-refractivity contribution < 1.29 is 0 Å². The van der Waals surface area contributed by atoms with Gasteiger partial charge in [-0.15, -0.1) is 0 Å². The van der Waals surface area contributed by atoms with Gasteiger partial charge in [0, 0.05) is 13.2 Å². The second kappa shape index (κ2) is 3.84. The molecule has 90 valence electrons. The first kappa shape index (κ1) is 10.8. The third-order valence-corrected chi connectivity index (χ3v) is 3.15. The van der Waals surface area contributed by atoms with Crippen LogP contribution in [0.3, 0.4) is 0 Å². The van der Waals surface area contributed by atoms with Crippen molar-refractivity contribution in [2.24, 2.45) is 7.05 Å². The van der Waals surface area contributed by atoms with E-state index >= 15 is 0 Å². The zero-order chi connectivity index (χ0) is 12.7. The summed E-state index contributed by atoms with van der Waals surface area (Å²) in [5.41, 5.74) is 3.40. The number of aryl methyl sites for hydroxylation is 2. The fourth-order valence-electron chi connectivity index (χ4n) is 2.26. The largest absolute Gasteiger partial charge is 0.334 e. The second-order valence-electron chi connectivity index (χ2n) is 4.31. The minimum Gasteiger partial charge on any atom is -0.293 e. The van der Waals surface area contributed by atoms with Gasteiger partial charge in [-0.05, 0) is 30.7 Å². The number of aromatic nitrogens is 3. The van der Waals surface area contributed by atoms with E-state index in [0.29, 0.717) is 5.65 Å². The fraction of sp³-hybridized carbons (Fsp3) is 0.143. The van der Waals surface area contributed by atoms with Crippen molar-refractivity contribution in [3.05, 3.63) is 58.6 Å². The van der Waals surface area contributed by atoms with E-state index in [0.717, 1.165) is 16.8 Å². The lowest BCUT2D eigenvalue weighted by molar-refractivity contribution is 0.843. The Kier molecular flexibility index (Phi) is 2.30. The number of imidazole rings is 1. The van der Waals surface area contributed by atoms with Crippen LogP contribution in [0.15, 0.2) is 47.4 Å². The molecule has 0 radical (unpaired) electrons. The van der Waals surface area contributed by atoms with Gasteiger partial charge >= 0.3 is 5.69 Å². The summed E-state index contributed by atoms with van der Waals surface area (Å²) in [6.07, 6.45) is 1.73. The smallest absolute Gasteiger partial charge is 0.293 e. The van der Waals surface area contributed by atoms with Crippen LogP contribution in [0.2, 0.25) is 0 Å². The molecule has 0 N–H and O–H groups in total. The van der Waals surface area contributed by atoms with Crippen molar-refractivity contribution in [1.29, 1.82) is 0 Å². The number of hydrogen-bond donors (Lipinski definition) is 0. The molecule has 1 aromatic carbocycles. The number of fused-ring (bicyclic) bond motifs is 1. The Labute approximate surface area is 104 Å². The van der Waals surface area contributed by atoms with Crippen LogP contribution in [0.5, 0.6) is 0 Å². The molecule has 0 bridgehead atoms. The van der Waals surface area contributed by atoms with Crippen LogP contribution in [0.4, 0.5) is 0 Å². The summed E-state index contributed by atoms with van der Waals surface area (Å²) in [6, 6.07) is 11.5. The molecule has 0 saturated heterocycles. The molecule has 2 heterocycles. The molecule has 4 heteroatoms. The minimum atomic E-state index is -0.0713. The van der Waals surface area contributed by atoms with Crippen LogP contribution in [-0.2, 0) is 7.05 Å². The number of pyridine rings is 1. The average molecular weight is 239 g/mol. The fourth-order valence-corrected chi connectivity index (χ4v) is 2.26. The summed E-state index contributed by atoms with van der Waals surface area (Å²) in [4.78, 5) is 16.7. The number of nitrogens with zero attached hydrogens (tertiary/aromatic N) is 3. The third-order valence-electron chi connectivity index (χ3n) is 3.15. The van der Waals surface area contributed by atoms with Crippen molar-refractivity contribution in [2.45, 2.75) is 6.92 Å². The van der Waals surface area contributed by atoms with E-state index in [4.69, 9.17) is 0 Å². The van der Waals surface area contributed by atoms with Gasteiger partial charge in [0.1, 0.15) is 0 Å². The predicted octanol–water partition coefficient (Wildman–Crippen LogP) is 2.03. The molecule has 0 aliphatic rings. The molecule has 18 heavy (non-hydrogen) atoms. The summed E-state index contributed by atoms with van der Waals surface area (Å²) in [5.74, 6) is 0. The van der Waals surface area contributed by atoms with Crippen LogP contribution < -0.4 is 5.69 Å². The summed E-state index contributed by atoms with van der Waals surface area (Å²) in [6.45, 7) is 1.98. The van der Waals surface area contributed by atoms with Crippen LogP contribution in [-0.4, -0.2) is 14.1 Å². The monoisotopic (exact) mass is 239 g/mol. The van der Waals surface area contributed by atoms with Gasteiger partial charge in [-0.25, -0.2) is 14.3 Å². The molecule has 3 rings (SSSR count). The molecule has 2 aromatic heterocycles. The maximum atomic E-state index is 12.3. The van der Waals surface area contributed by atoms with E-state index in [1.807, 2.05) is 43.3 Å².